The molecular weight excluding hydrogens is 262 g/mol. The van der Waals surface area contributed by atoms with Gasteiger partial charge in [0.15, 0.2) is 0 Å². The summed E-state index contributed by atoms with van der Waals surface area (Å²) in [4.78, 5) is 16.3. The molecule has 1 N–H and O–H groups in total. The van der Waals surface area contributed by atoms with Gasteiger partial charge in [-0.15, -0.1) is 0 Å². The third kappa shape index (κ3) is 2.72. The molecule has 5 rings (SSSR count). The second kappa shape index (κ2) is 5.15. The van der Waals surface area contributed by atoms with Gasteiger partial charge in [-0.2, -0.15) is 0 Å². The highest BCUT2D eigenvalue weighted by Crippen LogP contribution is 2.61. The first-order valence-corrected chi connectivity index (χ1v) is 8.43. The van der Waals surface area contributed by atoms with E-state index in [4.69, 9.17) is 0 Å². The first-order valence-electron chi connectivity index (χ1n) is 8.43. The molecule has 0 unspecified atom stereocenters. The number of hydrogen-bond donors (Lipinski definition) is 1. The molecule has 4 fully saturated rings. The molecular formula is C17H25N3O. The highest BCUT2D eigenvalue weighted by molar-refractivity contribution is 5.76. The molecule has 1 heterocycles. The molecule has 0 radical (unpaired) electrons. The zero-order chi connectivity index (χ0) is 14.3. The molecule has 0 spiro atoms. The van der Waals surface area contributed by atoms with Gasteiger partial charge in [0.05, 0.1) is 6.33 Å². The number of rotatable bonds is 5. The minimum atomic E-state index is 0.261. The van der Waals surface area contributed by atoms with Gasteiger partial charge in [0.2, 0.25) is 5.91 Å². The highest BCUT2D eigenvalue weighted by Gasteiger charge is 2.51. The molecule has 4 aliphatic rings. The molecule has 4 bridgehead atoms. The Balaban J connectivity index is 1.30. The molecule has 21 heavy (non-hydrogen) atoms. The van der Waals surface area contributed by atoms with Gasteiger partial charge >= 0.3 is 0 Å². The second-order valence-electron chi connectivity index (χ2n) is 7.74. The van der Waals surface area contributed by atoms with Crippen LogP contribution in [0, 0.1) is 23.2 Å². The third-order valence-electron chi connectivity index (χ3n) is 5.95. The fourth-order valence-electron chi connectivity index (χ4n) is 5.65. The molecule has 0 aliphatic heterocycles. The number of carbonyl (C=O) groups is 1. The zero-order valence-electron chi connectivity index (χ0n) is 12.6. The van der Waals surface area contributed by atoms with Crippen molar-refractivity contribution in [1.29, 1.82) is 0 Å². The van der Waals surface area contributed by atoms with Gasteiger partial charge in [-0.1, -0.05) is 0 Å². The Kier molecular flexibility index (Phi) is 3.27. The summed E-state index contributed by atoms with van der Waals surface area (Å²) in [7, 11) is 0. The van der Waals surface area contributed by atoms with E-state index >= 15 is 0 Å². The third-order valence-corrected chi connectivity index (χ3v) is 5.95. The second-order valence-corrected chi connectivity index (χ2v) is 7.74. The summed E-state index contributed by atoms with van der Waals surface area (Å²) in [5, 5.41) is 3.11. The van der Waals surface area contributed by atoms with Crippen molar-refractivity contribution in [2.45, 2.75) is 51.5 Å². The van der Waals surface area contributed by atoms with Gasteiger partial charge in [-0.3, -0.25) is 4.79 Å². The molecule has 0 saturated heterocycles. The molecule has 1 amide bonds. The Labute approximate surface area is 126 Å². The topological polar surface area (TPSA) is 46.9 Å². The smallest absolute Gasteiger partial charge is 0.220 e. The molecule has 0 aromatic carbocycles. The number of imidazole rings is 1. The largest absolute Gasteiger partial charge is 0.354 e. The predicted molar refractivity (Wildman–Crippen MR) is 80.5 cm³/mol. The Morgan fingerprint density at radius 2 is 1.86 bits per heavy atom. The Bertz CT molecular complexity index is 473. The minimum absolute atomic E-state index is 0.261. The number of nitrogens with zero attached hydrogens (tertiary/aromatic N) is 2. The molecule has 114 valence electrons. The zero-order valence-corrected chi connectivity index (χ0v) is 12.6. The first-order chi connectivity index (χ1) is 10.2. The number of amides is 1. The standard InChI is InChI=1S/C17H25N3O/c21-16(19-2-4-20-3-1-18-12-20)11-17-8-13-5-14(9-17)7-15(6-13)10-17/h1,3,12-15H,2,4-11H2,(H,19,21). The van der Waals surface area contributed by atoms with E-state index in [9.17, 15) is 4.79 Å². The maximum absolute atomic E-state index is 12.3. The van der Waals surface area contributed by atoms with Gasteiger partial charge < -0.3 is 9.88 Å². The average molecular weight is 287 g/mol. The highest BCUT2D eigenvalue weighted by atomic mass is 16.1. The lowest BCUT2D eigenvalue weighted by Crippen LogP contribution is -2.48. The van der Waals surface area contributed by atoms with Crippen LogP contribution >= 0.6 is 0 Å². The van der Waals surface area contributed by atoms with Crippen molar-refractivity contribution in [2.75, 3.05) is 6.54 Å². The van der Waals surface area contributed by atoms with Crippen molar-refractivity contribution < 1.29 is 4.79 Å². The van der Waals surface area contributed by atoms with E-state index in [0.717, 1.165) is 30.7 Å². The van der Waals surface area contributed by atoms with Gasteiger partial charge in [0, 0.05) is 31.9 Å². The van der Waals surface area contributed by atoms with E-state index in [2.05, 4.69) is 10.3 Å². The van der Waals surface area contributed by atoms with Crippen LogP contribution in [-0.4, -0.2) is 22.0 Å². The van der Waals surface area contributed by atoms with Crippen molar-refractivity contribution in [1.82, 2.24) is 14.9 Å². The van der Waals surface area contributed by atoms with Gasteiger partial charge in [-0.25, -0.2) is 4.98 Å². The molecule has 1 aromatic rings. The van der Waals surface area contributed by atoms with Gasteiger partial charge in [-0.05, 0) is 61.7 Å². The van der Waals surface area contributed by atoms with E-state index in [1.54, 1.807) is 12.5 Å². The summed E-state index contributed by atoms with van der Waals surface area (Å²) in [5.41, 5.74) is 0.355. The quantitative estimate of drug-likeness (QED) is 0.905. The maximum Gasteiger partial charge on any atom is 0.220 e. The van der Waals surface area contributed by atoms with Crippen LogP contribution in [-0.2, 0) is 11.3 Å². The van der Waals surface area contributed by atoms with E-state index in [1.165, 1.54) is 38.5 Å². The van der Waals surface area contributed by atoms with Crippen molar-refractivity contribution >= 4 is 5.91 Å². The molecule has 0 atom stereocenters. The van der Waals surface area contributed by atoms with Crippen LogP contribution < -0.4 is 5.32 Å². The summed E-state index contributed by atoms with van der Waals surface area (Å²) >= 11 is 0. The molecule has 4 aliphatic carbocycles. The van der Waals surface area contributed by atoms with Crippen LogP contribution in [0.5, 0.6) is 0 Å². The monoisotopic (exact) mass is 287 g/mol. The summed E-state index contributed by atoms with van der Waals surface area (Å²) < 4.78 is 2.00. The Morgan fingerprint density at radius 1 is 1.19 bits per heavy atom. The van der Waals surface area contributed by atoms with E-state index in [1.807, 2.05) is 10.8 Å². The normalized spacial score (nSPS) is 36.9. The number of hydrogen-bond acceptors (Lipinski definition) is 2. The molecule has 4 heteroatoms. The number of carbonyl (C=O) groups excluding carboxylic acids is 1. The molecule has 1 aromatic heterocycles. The van der Waals surface area contributed by atoms with Crippen LogP contribution in [0.15, 0.2) is 18.7 Å². The number of nitrogens with one attached hydrogen (secondary N) is 1. The van der Waals surface area contributed by atoms with Crippen LogP contribution in [0.1, 0.15) is 44.9 Å². The van der Waals surface area contributed by atoms with Crippen LogP contribution in [0.2, 0.25) is 0 Å². The lowest BCUT2D eigenvalue weighted by atomic mass is 9.49. The van der Waals surface area contributed by atoms with E-state index < -0.39 is 0 Å². The lowest BCUT2D eigenvalue weighted by molar-refractivity contribution is -0.129. The molecule has 4 saturated carbocycles. The maximum atomic E-state index is 12.3. The number of aromatic nitrogens is 2. The fraction of sp³-hybridized carbons (Fsp3) is 0.765. The van der Waals surface area contributed by atoms with Crippen molar-refractivity contribution in [2.24, 2.45) is 23.2 Å². The van der Waals surface area contributed by atoms with Crippen LogP contribution in [0.3, 0.4) is 0 Å². The Hall–Kier alpha value is -1.32. The molecule has 4 nitrogen and oxygen atoms in total. The van der Waals surface area contributed by atoms with Crippen LogP contribution in [0.4, 0.5) is 0 Å². The van der Waals surface area contributed by atoms with Gasteiger partial charge in [0.1, 0.15) is 0 Å². The van der Waals surface area contributed by atoms with Crippen molar-refractivity contribution in [3.05, 3.63) is 18.7 Å². The lowest BCUT2D eigenvalue weighted by Gasteiger charge is -2.56. The SMILES string of the molecule is O=C(CC12CC3CC(CC(C3)C1)C2)NCCn1ccnc1. The van der Waals surface area contributed by atoms with Gasteiger partial charge in [0.25, 0.3) is 0 Å². The van der Waals surface area contributed by atoms with Crippen molar-refractivity contribution in [3.63, 3.8) is 0 Å². The summed E-state index contributed by atoms with van der Waals surface area (Å²) in [6, 6.07) is 0. The summed E-state index contributed by atoms with van der Waals surface area (Å²) in [6.45, 7) is 1.52. The Morgan fingerprint density at radius 3 is 2.43 bits per heavy atom. The van der Waals surface area contributed by atoms with E-state index in [-0.39, 0.29) is 5.91 Å². The first kappa shape index (κ1) is 13.4. The predicted octanol–water partition coefficient (Wildman–Crippen LogP) is 2.61. The van der Waals surface area contributed by atoms with E-state index in [0.29, 0.717) is 12.0 Å². The van der Waals surface area contributed by atoms with Crippen molar-refractivity contribution in [3.8, 4) is 0 Å². The van der Waals surface area contributed by atoms with Crippen LogP contribution in [0.25, 0.3) is 0 Å². The summed E-state index contributed by atoms with van der Waals surface area (Å²) in [5.74, 6) is 3.04. The average Bonchev–Trinajstić information content (AvgIpc) is 2.89. The fourth-order valence-corrected chi connectivity index (χ4v) is 5.65. The minimum Gasteiger partial charge on any atom is -0.354 e. The summed E-state index contributed by atoms with van der Waals surface area (Å²) in [6.07, 6.45) is 14.6.